The Labute approximate surface area is 162 Å². The number of aryl methyl sites for hydroxylation is 1. The van der Waals surface area contributed by atoms with E-state index in [9.17, 15) is 8.42 Å². The molecule has 142 valence electrons. The summed E-state index contributed by atoms with van der Waals surface area (Å²) in [7, 11) is -3.13. The Morgan fingerprint density at radius 3 is 1.67 bits per heavy atom. The van der Waals surface area contributed by atoms with Crippen LogP contribution >= 0.6 is 0 Å². The third-order valence-corrected chi connectivity index (χ3v) is 8.75. The lowest BCUT2D eigenvalue weighted by atomic mass is 9.42. The summed E-state index contributed by atoms with van der Waals surface area (Å²) in [6, 6.07) is 17.1. The van der Waals surface area contributed by atoms with Gasteiger partial charge >= 0.3 is 0 Å². The largest absolute Gasteiger partial charge is 0.224 e. The minimum atomic E-state index is -3.13. The number of rotatable bonds is 3. The van der Waals surface area contributed by atoms with Gasteiger partial charge in [0.25, 0.3) is 0 Å². The molecule has 0 radical (unpaired) electrons. The van der Waals surface area contributed by atoms with E-state index in [1.54, 1.807) is 0 Å². The molecule has 4 aliphatic carbocycles. The minimum Gasteiger partial charge on any atom is -0.224 e. The number of sulfone groups is 1. The molecule has 0 aromatic heterocycles. The molecule has 2 aromatic carbocycles. The summed E-state index contributed by atoms with van der Waals surface area (Å²) in [4.78, 5) is 0.434. The monoisotopic (exact) mass is 380 g/mol. The van der Waals surface area contributed by atoms with Crippen LogP contribution in [0.4, 0.5) is 0 Å². The van der Waals surface area contributed by atoms with Gasteiger partial charge in [0.05, 0.1) is 4.90 Å². The van der Waals surface area contributed by atoms with Gasteiger partial charge in [0.2, 0.25) is 0 Å². The molecular weight excluding hydrogens is 352 g/mol. The van der Waals surface area contributed by atoms with Gasteiger partial charge < -0.3 is 0 Å². The fourth-order valence-corrected chi connectivity index (χ4v) is 7.53. The predicted molar refractivity (Wildman–Crippen MR) is 109 cm³/mol. The molecular formula is C24H28O2S. The molecule has 0 heterocycles. The first-order valence-electron chi connectivity index (χ1n) is 10.2. The minimum absolute atomic E-state index is 0.227. The summed E-state index contributed by atoms with van der Waals surface area (Å²) in [5.41, 5.74) is 4.76. The lowest BCUT2D eigenvalue weighted by molar-refractivity contribution is -0.0281. The van der Waals surface area contributed by atoms with Crippen molar-refractivity contribution in [1.82, 2.24) is 0 Å². The van der Waals surface area contributed by atoms with Gasteiger partial charge in [-0.2, -0.15) is 0 Å². The van der Waals surface area contributed by atoms with E-state index >= 15 is 0 Å². The summed E-state index contributed by atoms with van der Waals surface area (Å²) in [5, 5.41) is 0. The van der Waals surface area contributed by atoms with E-state index in [1.165, 1.54) is 61.5 Å². The Kier molecular flexibility index (Phi) is 3.69. The zero-order chi connectivity index (χ0) is 18.9. The van der Waals surface area contributed by atoms with Crippen LogP contribution < -0.4 is 0 Å². The predicted octanol–water partition coefficient (Wildman–Crippen LogP) is 5.19. The Morgan fingerprint density at radius 1 is 0.778 bits per heavy atom. The van der Waals surface area contributed by atoms with Crippen molar-refractivity contribution < 1.29 is 8.42 Å². The smallest absolute Gasteiger partial charge is 0.175 e. The van der Waals surface area contributed by atoms with Crippen LogP contribution in [0.3, 0.4) is 0 Å². The molecule has 4 saturated carbocycles. The zero-order valence-electron chi connectivity index (χ0n) is 16.2. The second-order valence-corrected chi connectivity index (χ2v) is 11.7. The van der Waals surface area contributed by atoms with E-state index in [1.807, 2.05) is 12.1 Å². The van der Waals surface area contributed by atoms with Crippen molar-refractivity contribution in [1.29, 1.82) is 0 Å². The molecule has 0 spiro atoms. The van der Waals surface area contributed by atoms with Crippen LogP contribution in [0.5, 0.6) is 0 Å². The summed E-state index contributed by atoms with van der Waals surface area (Å²) in [6.45, 7) is 2.16. The summed E-state index contributed by atoms with van der Waals surface area (Å²) in [5.74, 6) is 1.62. The number of hydrogen-bond acceptors (Lipinski definition) is 2. The molecule has 4 fully saturated rings. The van der Waals surface area contributed by atoms with Crippen LogP contribution in [0, 0.1) is 18.8 Å². The van der Waals surface area contributed by atoms with Gasteiger partial charge in [-0.25, -0.2) is 8.42 Å². The fourth-order valence-electron chi connectivity index (χ4n) is 6.90. The van der Waals surface area contributed by atoms with E-state index in [0.717, 1.165) is 11.8 Å². The highest BCUT2D eigenvalue weighted by Crippen LogP contribution is 2.66. The van der Waals surface area contributed by atoms with Crippen molar-refractivity contribution in [3.8, 4) is 0 Å². The van der Waals surface area contributed by atoms with Gasteiger partial charge in [-0.15, -0.1) is 0 Å². The average molecular weight is 381 g/mol. The van der Waals surface area contributed by atoms with Gasteiger partial charge in [0.15, 0.2) is 9.84 Å². The molecule has 4 atom stereocenters. The molecule has 3 heteroatoms. The van der Waals surface area contributed by atoms with Crippen molar-refractivity contribution in [3.05, 3.63) is 65.2 Å². The third kappa shape index (κ3) is 2.77. The zero-order valence-corrected chi connectivity index (χ0v) is 17.1. The van der Waals surface area contributed by atoms with Crippen LogP contribution in [-0.2, 0) is 20.7 Å². The van der Waals surface area contributed by atoms with Gasteiger partial charge in [0.1, 0.15) is 0 Å². The molecule has 27 heavy (non-hydrogen) atoms. The van der Waals surface area contributed by atoms with E-state index in [4.69, 9.17) is 0 Å². The highest BCUT2D eigenvalue weighted by atomic mass is 32.2. The van der Waals surface area contributed by atoms with E-state index < -0.39 is 9.84 Å². The van der Waals surface area contributed by atoms with E-state index in [2.05, 4.69) is 43.3 Å². The van der Waals surface area contributed by atoms with Crippen molar-refractivity contribution in [3.63, 3.8) is 0 Å². The molecule has 0 saturated heterocycles. The molecule has 0 aliphatic heterocycles. The van der Waals surface area contributed by atoms with Crippen molar-refractivity contribution >= 4 is 9.84 Å². The molecule has 6 rings (SSSR count). The van der Waals surface area contributed by atoms with Crippen molar-refractivity contribution in [2.75, 3.05) is 6.26 Å². The van der Waals surface area contributed by atoms with Crippen LogP contribution in [0.25, 0.3) is 0 Å². The Bertz CT molecular complexity index is 956. The standard InChI is InChI=1S/C24H28O2S/c1-17-3-5-20(6-4-17)23-12-18-11-19(13-23)15-24(14-18,16-23)21-7-9-22(10-8-21)27(2,25)26/h3-10,18-19H,11-16H2,1-2H3/t18-,19+,23?,24?. The molecule has 2 nitrogen and oxygen atoms in total. The van der Waals surface area contributed by atoms with Crippen LogP contribution in [0.2, 0.25) is 0 Å². The van der Waals surface area contributed by atoms with Crippen molar-refractivity contribution in [2.45, 2.75) is 61.2 Å². The maximum absolute atomic E-state index is 11.9. The maximum Gasteiger partial charge on any atom is 0.175 e. The first-order valence-corrected chi connectivity index (χ1v) is 12.1. The van der Waals surface area contributed by atoms with Crippen LogP contribution in [-0.4, -0.2) is 14.7 Å². The third-order valence-electron chi connectivity index (χ3n) is 7.62. The topological polar surface area (TPSA) is 34.1 Å². The van der Waals surface area contributed by atoms with Gasteiger partial charge in [0, 0.05) is 6.26 Å². The van der Waals surface area contributed by atoms with Crippen LogP contribution in [0.15, 0.2) is 53.4 Å². The summed E-state index contributed by atoms with van der Waals surface area (Å²) < 4.78 is 23.7. The molecule has 0 N–H and O–H groups in total. The molecule has 2 aromatic rings. The lowest BCUT2D eigenvalue weighted by Crippen LogP contribution is -2.55. The average Bonchev–Trinajstić information content (AvgIpc) is 2.60. The first kappa shape index (κ1) is 17.5. The van der Waals surface area contributed by atoms with Gasteiger partial charge in [-0.05, 0) is 91.4 Å². The molecule has 4 aliphatic rings. The first-order chi connectivity index (χ1) is 12.8. The summed E-state index contributed by atoms with van der Waals surface area (Å²) in [6.07, 6.45) is 9.10. The van der Waals surface area contributed by atoms with Gasteiger partial charge in [-0.3, -0.25) is 0 Å². The Hall–Kier alpha value is -1.61. The fraction of sp³-hybridized carbons (Fsp3) is 0.500. The van der Waals surface area contributed by atoms with Gasteiger partial charge in [-0.1, -0.05) is 42.0 Å². The maximum atomic E-state index is 11.9. The highest BCUT2D eigenvalue weighted by molar-refractivity contribution is 7.90. The SMILES string of the molecule is Cc1ccc(C23C[C@H]4C[C@@H](C2)CC(c2ccc(S(C)(=O)=O)cc2)(C4)C3)cc1. The highest BCUT2D eigenvalue weighted by Gasteiger charge is 2.58. The number of benzene rings is 2. The molecule has 0 amide bonds. The molecule has 4 bridgehead atoms. The van der Waals surface area contributed by atoms with Crippen molar-refractivity contribution in [2.24, 2.45) is 11.8 Å². The van der Waals surface area contributed by atoms with E-state index in [0.29, 0.717) is 10.3 Å². The lowest BCUT2D eigenvalue weighted by Gasteiger charge is -2.63. The second kappa shape index (κ2) is 5.70. The number of hydrogen-bond donors (Lipinski definition) is 0. The van der Waals surface area contributed by atoms with E-state index in [-0.39, 0.29) is 5.41 Å². The summed E-state index contributed by atoms with van der Waals surface area (Å²) >= 11 is 0. The Balaban J connectivity index is 1.56. The normalized spacial score (nSPS) is 34.7. The second-order valence-electron chi connectivity index (χ2n) is 9.68. The Morgan fingerprint density at radius 2 is 1.22 bits per heavy atom. The quantitative estimate of drug-likeness (QED) is 0.734. The molecule has 2 unspecified atom stereocenters. The van der Waals surface area contributed by atoms with Crippen LogP contribution in [0.1, 0.15) is 55.2 Å².